The summed E-state index contributed by atoms with van der Waals surface area (Å²) in [6, 6.07) is 0. The molecule has 54 valence electrons. The smallest absolute Gasteiger partial charge is 0.0276 e. The van der Waals surface area contributed by atoms with E-state index in [1.54, 1.807) is 11.1 Å². The third kappa shape index (κ3) is 1.03. The van der Waals surface area contributed by atoms with Crippen LogP contribution < -0.4 is 0 Å². The minimum absolute atomic E-state index is 1.31. The Bertz CT molecular complexity index is 164. The lowest BCUT2D eigenvalue weighted by Gasteiger charge is -1.94. The van der Waals surface area contributed by atoms with E-state index in [-0.39, 0.29) is 0 Å². The van der Waals surface area contributed by atoms with Crippen LogP contribution in [0.15, 0.2) is 23.3 Å². The van der Waals surface area contributed by atoms with Crippen LogP contribution in [-0.4, -0.2) is 0 Å². The number of hydrogen-bond acceptors (Lipinski definition) is 0. The summed E-state index contributed by atoms with van der Waals surface area (Å²) in [5.74, 6) is 0. The van der Waals surface area contributed by atoms with Crippen LogP contribution in [0.25, 0.3) is 0 Å². The second-order valence-electron chi connectivity index (χ2n) is 3.24. The first-order valence-electron chi connectivity index (χ1n) is 4.35. The van der Waals surface area contributed by atoms with Gasteiger partial charge in [-0.15, -0.1) is 0 Å². The van der Waals surface area contributed by atoms with E-state index < -0.39 is 0 Å². The highest BCUT2D eigenvalue weighted by Gasteiger charge is 2.13. The van der Waals surface area contributed by atoms with Gasteiger partial charge in [-0.25, -0.2) is 0 Å². The van der Waals surface area contributed by atoms with Gasteiger partial charge in [0.15, 0.2) is 0 Å². The van der Waals surface area contributed by atoms with Crippen molar-refractivity contribution >= 4 is 0 Å². The molecule has 1 saturated carbocycles. The molecule has 0 spiro atoms. The van der Waals surface area contributed by atoms with Gasteiger partial charge >= 0.3 is 0 Å². The van der Waals surface area contributed by atoms with Crippen molar-refractivity contribution in [3.63, 3.8) is 0 Å². The highest BCUT2D eigenvalue weighted by atomic mass is 14.2. The van der Waals surface area contributed by atoms with Crippen molar-refractivity contribution < 1.29 is 0 Å². The zero-order chi connectivity index (χ0) is 6.81. The van der Waals surface area contributed by atoms with Gasteiger partial charge in [0.25, 0.3) is 0 Å². The standard InChI is InChI=1S/C10H14/c1-2-5-9-7-4-8-10(9)6-3-1/h5-6H,1-4,7-8H2. The largest absolute Gasteiger partial charge is 0.0810 e. The molecule has 0 heteroatoms. The Morgan fingerprint density at radius 2 is 1.40 bits per heavy atom. The summed E-state index contributed by atoms with van der Waals surface area (Å²) in [4.78, 5) is 0. The molecular weight excluding hydrogens is 120 g/mol. The Kier molecular flexibility index (Phi) is 1.62. The fourth-order valence-electron chi connectivity index (χ4n) is 1.93. The second kappa shape index (κ2) is 2.61. The maximum Gasteiger partial charge on any atom is -0.0276 e. The fraction of sp³-hybridized carbons (Fsp3) is 0.600. The number of hydrogen-bond donors (Lipinski definition) is 0. The molecule has 2 aliphatic rings. The van der Waals surface area contributed by atoms with E-state index in [2.05, 4.69) is 12.2 Å². The average molecular weight is 134 g/mol. The minimum Gasteiger partial charge on any atom is -0.0810 e. The molecule has 0 atom stereocenters. The lowest BCUT2D eigenvalue weighted by Crippen LogP contribution is -1.74. The summed E-state index contributed by atoms with van der Waals surface area (Å²) in [5, 5.41) is 0. The Balaban J connectivity index is 2.25. The normalized spacial score (nSPS) is 24.8. The summed E-state index contributed by atoms with van der Waals surface area (Å²) in [6.07, 6.45) is 13.0. The molecule has 0 N–H and O–H groups in total. The monoisotopic (exact) mass is 134 g/mol. The Morgan fingerprint density at radius 3 is 2.00 bits per heavy atom. The van der Waals surface area contributed by atoms with E-state index in [4.69, 9.17) is 0 Å². The van der Waals surface area contributed by atoms with Crippen LogP contribution in [0.3, 0.4) is 0 Å². The van der Waals surface area contributed by atoms with Crippen molar-refractivity contribution in [3.05, 3.63) is 23.3 Å². The summed E-state index contributed by atoms with van der Waals surface area (Å²) in [7, 11) is 0. The van der Waals surface area contributed by atoms with E-state index in [0.717, 1.165) is 0 Å². The molecule has 0 bridgehead atoms. The molecule has 0 unspecified atom stereocenters. The summed E-state index contributed by atoms with van der Waals surface area (Å²) in [5.41, 5.74) is 3.33. The van der Waals surface area contributed by atoms with Crippen molar-refractivity contribution in [1.29, 1.82) is 0 Å². The molecule has 0 aromatic rings. The second-order valence-corrected chi connectivity index (χ2v) is 3.24. The summed E-state index contributed by atoms with van der Waals surface area (Å²) >= 11 is 0. The van der Waals surface area contributed by atoms with E-state index in [9.17, 15) is 0 Å². The molecule has 2 rings (SSSR count). The van der Waals surface area contributed by atoms with Gasteiger partial charge in [0.05, 0.1) is 0 Å². The SMILES string of the molecule is C1=C2CCCC2=CCCC1. The van der Waals surface area contributed by atoms with Crippen LogP contribution in [0.1, 0.15) is 38.5 Å². The predicted octanol–water partition coefficient (Wildman–Crippen LogP) is 3.21. The lowest BCUT2D eigenvalue weighted by atomic mass is 10.1. The highest BCUT2D eigenvalue weighted by Crippen LogP contribution is 2.32. The molecule has 10 heavy (non-hydrogen) atoms. The molecule has 0 heterocycles. The van der Waals surface area contributed by atoms with Crippen LogP contribution in [0.5, 0.6) is 0 Å². The highest BCUT2D eigenvalue weighted by molar-refractivity contribution is 5.35. The Morgan fingerprint density at radius 1 is 0.800 bits per heavy atom. The van der Waals surface area contributed by atoms with Crippen molar-refractivity contribution in [3.8, 4) is 0 Å². The third-order valence-electron chi connectivity index (χ3n) is 2.49. The van der Waals surface area contributed by atoms with Crippen LogP contribution in [0.2, 0.25) is 0 Å². The maximum atomic E-state index is 2.45. The van der Waals surface area contributed by atoms with Crippen LogP contribution in [0, 0.1) is 0 Å². The molecule has 0 radical (unpaired) electrons. The van der Waals surface area contributed by atoms with Crippen molar-refractivity contribution in [2.24, 2.45) is 0 Å². The van der Waals surface area contributed by atoms with Gasteiger partial charge in [-0.05, 0) is 49.7 Å². The van der Waals surface area contributed by atoms with Gasteiger partial charge in [0.2, 0.25) is 0 Å². The zero-order valence-electron chi connectivity index (χ0n) is 6.40. The van der Waals surface area contributed by atoms with Gasteiger partial charge in [-0.3, -0.25) is 0 Å². The van der Waals surface area contributed by atoms with Crippen molar-refractivity contribution in [1.82, 2.24) is 0 Å². The molecule has 0 saturated heterocycles. The molecule has 0 aromatic carbocycles. The first-order valence-corrected chi connectivity index (χ1v) is 4.35. The number of fused-ring (bicyclic) bond motifs is 1. The fourth-order valence-corrected chi connectivity index (χ4v) is 1.93. The topological polar surface area (TPSA) is 0 Å². The van der Waals surface area contributed by atoms with E-state index in [1.165, 1.54) is 38.5 Å². The minimum atomic E-state index is 1.31. The number of rotatable bonds is 0. The Labute approximate surface area is 62.6 Å². The number of allylic oxidation sites excluding steroid dienone is 4. The van der Waals surface area contributed by atoms with Gasteiger partial charge in [-0.2, -0.15) is 0 Å². The van der Waals surface area contributed by atoms with E-state index in [1.807, 2.05) is 0 Å². The zero-order valence-corrected chi connectivity index (χ0v) is 6.40. The van der Waals surface area contributed by atoms with Crippen LogP contribution >= 0.6 is 0 Å². The molecule has 0 amide bonds. The van der Waals surface area contributed by atoms with Crippen LogP contribution in [-0.2, 0) is 0 Å². The van der Waals surface area contributed by atoms with Gasteiger partial charge in [-0.1, -0.05) is 12.2 Å². The van der Waals surface area contributed by atoms with Gasteiger partial charge < -0.3 is 0 Å². The maximum absolute atomic E-state index is 2.45. The van der Waals surface area contributed by atoms with Gasteiger partial charge in [0.1, 0.15) is 0 Å². The molecule has 2 aliphatic carbocycles. The molecular formula is C10H14. The average Bonchev–Trinajstić information content (AvgIpc) is 2.28. The molecule has 1 fully saturated rings. The van der Waals surface area contributed by atoms with Crippen molar-refractivity contribution in [2.75, 3.05) is 0 Å². The predicted molar refractivity (Wildman–Crippen MR) is 43.9 cm³/mol. The first-order chi connectivity index (χ1) is 4.97. The van der Waals surface area contributed by atoms with Crippen LogP contribution in [0.4, 0.5) is 0 Å². The molecule has 0 aromatic heterocycles. The van der Waals surface area contributed by atoms with E-state index in [0.29, 0.717) is 0 Å². The quantitative estimate of drug-likeness (QED) is 0.477. The lowest BCUT2D eigenvalue weighted by molar-refractivity contribution is 0.855. The first kappa shape index (κ1) is 6.21. The molecule has 0 nitrogen and oxygen atoms in total. The molecule has 0 aliphatic heterocycles. The van der Waals surface area contributed by atoms with Gasteiger partial charge in [0, 0.05) is 0 Å². The third-order valence-corrected chi connectivity index (χ3v) is 2.49. The summed E-state index contributed by atoms with van der Waals surface area (Å²) in [6.45, 7) is 0. The van der Waals surface area contributed by atoms with E-state index >= 15 is 0 Å². The van der Waals surface area contributed by atoms with Crippen molar-refractivity contribution in [2.45, 2.75) is 38.5 Å². The Hall–Kier alpha value is -0.520. The summed E-state index contributed by atoms with van der Waals surface area (Å²) < 4.78 is 0.